The molecule has 0 bridgehead atoms. The first-order chi connectivity index (χ1) is 9.97. The molecule has 21 heavy (non-hydrogen) atoms. The maximum atomic E-state index is 6.26. The number of rotatable bonds is 2. The van der Waals surface area contributed by atoms with Gasteiger partial charge in [-0.3, -0.25) is 0 Å². The fourth-order valence-electron chi connectivity index (χ4n) is 2.51. The minimum absolute atomic E-state index is 0.503. The topological polar surface area (TPSA) is 17.8 Å². The Morgan fingerprint density at radius 2 is 1.76 bits per heavy atom. The first kappa shape index (κ1) is 14.7. The molecule has 0 unspecified atom stereocenters. The van der Waals surface area contributed by atoms with E-state index in [4.69, 9.17) is 34.8 Å². The molecule has 1 aromatic carbocycles. The average molecular weight is 340 g/mol. The molecule has 0 radical (unpaired) electrons. The highest BCUT2D eigenvalue weighted by atomic mass is 35.5. The van der Waals surface area contributed by atoms with E-state index in [0.717, 1.165) is 27.9 Å². The van der Waals surface area contributed by atoms with Crippen molar-refractivity contribution in [2.75, 3.05) is 0 Å². The van der Waals surface area contributed by atoms with Crippen molar-refractivity contribution >= 4 is 45.8 Å². The quantitative estimate of drug-likeness (QED) is 0.569. The average Bonchev–Trinajstić information content (AvgIpc) is 2.72. The van der Waals surface area contributed by atoms with Gasteiger partial charge in [0.1, 0.15) is 10.8 Å². The van der Waals surface area contributed by atoms with Crippen molar-refractivity contribution < 1.29 is 0 Å². The fraction of sp³-hybridized carbons (Fsp3) is 0.188. The van der Waals surface area contributed by atoms with E-state index >= 15 is 0 Å². The molecule has 5 heteroatoms. The molecule has 2 aromatic heterocycles. The summed E-state index contributed by atoms with van der Waals surface area (Å²) in [6.45, 7) is 2.03. The molecular formula is C16H13Cl3N2. The van der Waals surface area contributed by atoms with Gasteiger partial charge in [-0.25, -0.2) is 4.98 Å². The number of hydrogen-bond donors (Lipinski definition) is 0. The lowest BCUT2D eigenvalue weighted by atomic mass is 10.1. The largest absolute Gasteiger partial charge is 0.332 e. The zero-order valence-corrected chi connectivity index (χ0v) is 13.9. The molecule has 0 aliphatic heterocycles. The number of fused-ring (bicyclic) bond motifs is 1. The molecule has 0 saturated carbocycles. The number of pyridine rings is 1. The molecule has 3 aromatic rings. The number of benzene rings is 1. The van der Waals surface area contributed by atoms with Crippen LogP contribution in [0.2, 0.25) is 15.2 Å². The number of nitrogens with zero attached hydrogens (tertiary/aromatic N) is 2. The number of halogens is 3. The molecule has 0 N–H and O–H groups in total. The second-order valence-corrected chi connectivity index (χ2v) is 6.27. The Labute approximate surface area is 138 Å². The number of hydrogen-bond acceptors (Lipinski definition) is 1. The van der Waals surface area contributed by atoms with E-state index < -0.39 is 0 Å². The smallest absolute Gasteiger partial charge is 0.141 e. The van der Waals surface area contributed by atoms with Crippen LogP contribution in [0.4, 0.5) is 0 Å². The summed E-state index contributed by atoms with van der Waals surface area (Å²) in [5.74, 6) is 0. The van der Waals surface area contributed by atoms with E-state index in [9.17, 15) is 0 Å². The van der Waals surface area contributed by atoms with Crippen molar-refractivity contribution in [3.63, 3.8) is 0 Å². The summed E-state index contributed by atoms with van der Waals surface area (Å²) in [6, 6.07) is 9.54. The van der Waals surface area contributed by atoms with Crippen LogP contribution in [-0.4, -0.2) is 9.55 Å². The molecule has 0 aliphatic rings. The van der Waals surface area contributed by atoms with Crippen LogP contribution in [0.1, 0.15) is 16.8 Å². The Morgan fingerprint density at radius 1 is 1.10 bits per heavy atom. The number of aromatic nitrogens is 2. The highest BCUT2D eigenvalue weighted by molar-refractivity contribution is 6.36. The van der Waals surface area contributed by atoms with Gasteiger partial charge < -0.3 is 4.57 Å². The first-order valence-electron chi connectivity index (χ1n) is 6.51. The van der Waals surface area contributed by atoms with Crippen LogP contribution in [0.15, 0.2) is 30.3 Å². The van der Waals surface area contributed by atoms with Gasteiger partial charge in [0.25, 0.3) is 0 Å². The molecule has 2 heterocycles. The van der Waals surface area contributed by atoms with Gasteiger partial charge >= 0.3 is 0 Å². The minimum atomic E-state index is 0.503. The van der Waals surface area contributed by atoms with E-state index in [1.54, 1.807) is 0 Å². The predicted molar refractivity (Wildman–Crippen MR) is 89.7 cm³/mol. The summed E-state index contributed by atoms with van der Waals surface area (Å²) in [7, 11) is 1.98. The standard InChI is InChI=1S/C16H13Cl3N2/c1-9-6-15(19)20-16-11(9)7-10(21(16)2)8-12-13(17)4-3-5-14(12)18/h3-7H,8H2,1-2H3. The SMILES string of the molecule is Cc1cc(Cl)nc2c1cc(Cc1c(Cl)cccc1Cl)n2C. The van der Waals surface area contributed by atoms with Crippen LogP contribution < -0.4 is 0 Å². The van der Waals surface area contributed by atoms with E-state index in [1.807, 2.05) is 42.8 Å². The van der Waals surface area contributed by atoms with Gasteiger partial charge in [0.05, 0.1) is 0 Å². The van der Waals surface area contributed by atoms with Gasteiger partial charge in [-0.15, -0.1) is 0 Å². The van der Waals surface area contributed by atoms with Gasteiger partial charge in [-0.2, -0.15) is 0 Å². The molecular weight excluding hydrogens is 327 g/mol. The summed E-state index contributed by atoms with van der Waals surface area (Å²) in [5, 5.41) is 2.95. The zero-order valence-electron chi connectivity index (χ0n) is 11.6. The summed E-state index contributed by atoms with van der Waals surface area (Å²) in [6.07, 6.45) is 0.655. The summed E-state index contributed by atoms with van der Waals surface area (Å²) < 4.78 is 2.04. The predicted octanol–water partition coefficient (Wildman–Crippen LogP) is 5.43. The Hall–Kier alpha value is -1.22. The van der Waals surface area contributed by atoms with Gasteiger partial charge in [0.2, 0.25) is 0 Å². The molecule has 0 spiro atoms. The first-order valence-corrected chi connectivity index (χ1v) is 7.65. The maximum Gasteiger partial charge on any atom is 0.141 e. The van der Waals surface area contributed by atoms with Crippen LogP contribution in [0.5, 0.6) is 0 Å². The summed E-state index contributed by atoms with van der Waals surface area (Å²) >= 11 is 18.6. The van der Waals surface area contributed by atoms with Crippen LogP contribution >= 0.6 is 34.8 Å². The van der Waals surface area contributed by atoms with Gasteiger partial charge in [0, 0.05) is 34.6 Å². The molecule has 0 atom stereocenters. The van der Waals surface area contributed by atoms with Gasteiger partial charge in [-0.1, -0.05) is 40.9 Å². The third-order valence-corrected chi connectivity index (χ3v) is 4.59. The lowest BCUT2D eigenvalue weighted by molar-refractivity contribution is 0.868. The van der Waals surface area contributed by atoms with E-state index in [0.29, 0.717) is 21.6 Å². The third-order valence-electron chi connectivity index (χ3n) is 3.69. The maximum absolute atomic E-state index is 6.26. The molecule has 108 valence electrons. The van der Waals surface area contributed by atoms with Crippen molar-refractivity contribution in [2.24, 2.45) is 7.05 Å². The van der Waals surface area contributed by atoms with Crippen LogP contribution in [0.3, 0.4) is 0 Å². The lowest BCUT2D eigenvalue weighted by Crippen LogP contribution is -1.99. The normalized spacial score (nSPS) is 11.3. The summed E-state index contributed by atoms with van der Waals surface area (Å²) in [5.41, 5.74) is 4.00. The lowest BCUT2D eigenvalue weighted by Gasteiger charge is -2.08. The van der Waals surface area contributed by atoms with Gasteiger partial charge in [0.15, 0.2) is 0 Å². The van der Waals surface area contributed by atoms with Crippen LogP contribution in [-0.2, 0) is 13.5 Å². The minimum Gasteiger partial charge on any atom is -0.332 e. The molecule has 3 rings (SSSR count). The Morgan fingerprint density at radius 3 is 2.43 bits per heavy atom. The monoisotopic (exact) mass is 338 g/mol. The fourth-order valence-corrected chi connectivity index (χ4v) is 3.29. The Bertz CT molecular complexity index is 817. The van der Waals surface area contributed by atoms with Crippen molar-refractivity contribution in [3.8, 4) is 0 Å². The molecule has 0 fully saturated rings. The highest BCUT2D eigenvalue weighted by Gasteiger charge is 2.13. The Balaban J connectivity index is 2.14. The van der Waals surface area contributed by atoms with Crippen molar-refractivity contribution in [1.29, 1.82) is 0 Å². The van der Waals surface area contributed by atoms with E-state index in [1.165, 1.54) is 0 Å². The van der Waals surface area contributed by atoms with Gasteiger partial charge in [-0.05, 0) is 42.3 Å². The Kier molecular flexibility index (Phi) is 3.87. The van der Waals surface area contributed by atoms with Crippen molar-refractivity contribution in [3.05, 3.63) is 62.4 Å². The zero-order chi connectivity index (χ0) is 15.1. The third kappa shape index (κ3) is 2.64. The van der Waals surface area contributed by atoms with E-state index in [2.05, 4.69) is 11.1 Å². The van der Waals surface area contributed by atoms with Crippen LogP contribution in [0, 0.1) is 6.92 Å². The number of aryl methyl sites for hydroxylation is 2. The highest BCUT2D eigenvalue weighted by Crippen LogP contribution is 2.30. The second-order valence-electron chi connectivity index (χ2n) is 5.07. The molecule has 0 aliphatic carbocycles. The summed E-state index contributed by atoms with van der Waals surface area (Å²) in [4.78, 5) is 4.41. The van der Waals surface area contributed by atoms with Crippen LogP contribution in [0.25, 0.3) is 11.0 Å². The molecule has 2 nitrogen and oxygen atoms in total. The van der Waals surface area contributed by atoms with Crippen molar-refractivity contribution in [2.45, 2.75) is 13.3 Å². The van der Waals surface area contributed by atoms with Crippen molar-refractivity contribution in [1.82, 2.24) is 9.55 Å². The molecule has 0 saturated heterocycles. The second kappa shape index (κ2) is 5.53. The van der Waals surface area contributed by atoms with E-state index in [-0.39, 0.29) is 0 Å². The molecule has 0 amide bonds.